The average Bonchev–Trinajstić information content (AvgIpc) is 3.06. The molecule has 0 aliphatic carbocycles. The van der Waals surface area contributed by atoms with Gasteiger partial charge in [-0.15, -0.1) is 0 Å². The smallest absolute Gasteiger partial charge is 0.311 e. The monoisotopic (exact) mass is 874 g/mol. The first-order valence-electron chi connectivity index (χ1n) is 19.3. The number of hydrogen-bond donors (Lipinski definition) is 0. The summed E-state index contributed by atoms with van der Waals surface area (Å²) in [5.41, 5.74) is -6.99. The molecule has 0 radical (unpaired) electrons. The second-order valence-corrected chi connectivity index (χ2v) is 32.5. The largest absolute Gasteiger partial charge is 0.618 e. The Kier molecular flexibility index (Phi) is 21.8. The van der Waals surface area contributed by atoms with Crippen LogP contribution >= 0.6 is 0 Å². The quantitative estimate of drug-likeness (QED) is 0.0273. The van der Waals surface area contributed by atoms with E-state index in [1.807, 2.05) is 6.92 Å². The lowest BCUT2D eigenvalue weighted by atomic mass is 9.92. The van der Waals surface area contributed by atoms with Gasteiger partial charge in [-0.25, -0.2) is 25.5 Å². The normalized spacial score (nSPS) is 16.2. The molecule has 0 amide bonds. The molecule has 0 aromatic heterocycles. The van der Waals surface area contributed by atoms with E-state index in [1.54, 1.807) is 13.8 Å². The van der Waals surface area contributed by atoms with Crippen molar-refractivity contribution in [3.05, 3.63) is 0 Å². The van der Waals surface area contributed by atoms with Gasteiger partial charge < -0.3 is 4.11 Å². The molecule has 0 saturated heterocycles. The average molecular weight is 875 g/mol. The summed E-state index contributed by atoms with van der Waals surface area (Å²) in [5, 5.41) is 0. The molecule has 0 aromatic rings. The number of hydrogen-bond acceptors (Lipinski definition) is 0. The fourth-order valence-corrected chi connectivity index (χ4v) is 32.6. The van der Waals surface area contributed by atoms with Crippen molar-refractivity contribution < 1.29 is 73.5 Å². The Bertz CT molecular complexity index is 1020. The third-order valence-electron chi connectivity index (χ3n) is 10.6. The van der Waals surface area contributed by atoms with Crippen LogP contribution in [-0.2, 0) is 0 Å². The van der Waals surface area contributed by atoms with Crippen molar-refractivity contribution in [1.29, 1.82) is 0 Å². The zero-order chi connectivity index (χ0) is 42.3. The van der Waals surface area contributed by atoms with Gasteiger partial charge in [0.1, 0.15) is 0 Å². The van der Waals surface area contributed by atoms with Crippen LogP contribution in [0, 0.1) is 0 Å². The highest BCUT2D eigenvalue weighted by Gasteiger charge is 2.95. The molecular weight excluding hydrogens is 816 g/mol. The van der Waals surface area contributed by atoms with Crippen LogP contribution in [0.25, 0.3) is 0 Å². The second-order valence-electron chi connectivity index (χ2n) is 14.8. The van der Waals surface area contributed by atoms with Crippen LogP contribution in [0.2, 0.25) is 18.1 Å². The number of rotatable bonds is 32. The van der Waals surface area contributed by atoms with E-state index in [0.717, 1.165) is 19.3 Å². The second kappa shape index (κ2) is 22.0. The maximum absolute atomic E-state index is 17.4. The van der Waals surface area contributed by atoms with E-state index in [9.17, 15) is 30.7 Å². The summed E-state index contributed by atoms with van der Waals surface area (Å²) in [6.45, 7) is 4.95. The van der Waals surface area contributed by atoms with Gasteiger partial charge in [0.05, 0.1) is 0 Å². The van der Waals surface area contributed by atoms with Crippen molar-refractivity contribution in [2.24, 2.45) is 0 Å². The summed E-state index contributed by atoms with van der Waals surface area (Å²) in [6.07, 6.45) is -0.222. The predicted molar refractivity (Wildman–Crippen MR) is 186 cm³/mol. The Morgan fingerprint density at radius 1 is 0.389 bits per heavy atom. The molecule has 0 saturated carbocycles. The van der Waals surface area contributed by atoms with Gasteiger partial charge in [0.25, 0.3) is 5.55 Å². The molecule has 20 heteroatoms. The molecule has 326 valence electrons. The third-order valence-corrected chi connectivity index (χ3v) is 36.0. The van der Waals surface area contributed by atoms with E-state index >= 15 is 42.8 Å². The van der Waals surface area contributed by atoms with Gasteiger partial charge >= 0.3 is 45.6 Å². The van der Waals surface area contributed by atoms with Gasteiger partial charge in [-0.2, -0.15) is 43.9 Å². The lowest BCUT2D eigenvalue weighted by Crippen LogP contribution is -2.84. The fraction of sp³-hybridized carbons (Fsp3) is 1.00. The van der Waals surface area contributed by atoms with Crippen molar-refractivity contribution in [2.45, 2.75) is 216 Å². The van der Waals surface area contributed by atoms with Crippen molar-refractivity contribution in [2.75, 3.05) is 0 Å². The van der Waals surface area contributed by atoms with Crippen LogP contribution in [0.15, 0.2) is 0 Å². The van der Waals surface area contributed by atoms with Crippen LogP contribution in [0.1, 0.15) is 156 Å². The first-order chi connectivity index (χ1) is 24.6. The molecule has 54 heavy (non-hydrogen) atoms. The van der Waals surface area contributed by atoms with Crippen molar-refractivity contribution in [3.63, 3.8) is 0 Å². The standard InChI is InChI=1S/C34H59F17Si3/c1-5-8-11-14-17-18-21-24-27-53(48,54(49,50)51)52(25-22-19-15-12-9-6-2,26-23-20-16-13-10-7-3)34(46,47)33(44,45)32(42,43)31(40,41)30(38,39)29(36,37)28(4)35/h28H,5-27H2,1-4H3. The Morgan fingerprint density at radius 2 is 0.667 bits per heavy atom. The lowest BCUT2D eigenvalue weighted by molar-refractivity contribution is -0.421. The van der Waals surface area contributed by atoms with Crippen molar-refractivity contribution in [1.82, 2.24) is 0 Å². The topological polar surface area (TPSA) is 0 Å². The van der Waals surface area contributed by atoms with Crippen LogP contribution < -0.4 is 0 Å². The molecule has 0 bridgehead atoms. The first-order valence-corrected chi connectivity index (χ1v) is 27.4. The van der Waals surface area contributed by atoms with Crippen molar-refractivity contribution in [3.8, 4) is 0 Å². The molecule has 0 nitrogen and oxygen atoms in total. The maximum Gasteiger partial charge on any atom is 0.618 e. The highest BCUT2D eigenvalue weighted by atomic mass is 29.7. The summed E-state index contributed by atoms with van der Waals surface area (Å²) in [7, 11) is -22.7. The van der Waals surface area contributed by atoms with Crippen LogP contribution in [0.5, 0.6) is 0 Å². The van der Waals surface area contributed by atoms with Gasteiger partial charge in [0, 0.05) is 0 Å². The third kappa shape index (κ3) is 11.6. The number of alkyl halides is 13. The molecular formula is C34H59F17Si3. The van der Waals surface area contributed by atoms with E-state index in [1.165, 1.54) is 0 Å². The Balaban J connectivity index is 7.64. The minimum atomic E-state index is -8.20. The van der Waals surface area contributed by atoms with Gasteiger partial charge in [-0.3, -0.25) is 0 Å². The van der Waals surface area contributed by atoms with E-state index < -0.39 is 109 Å². The lowest BCUT2D eigenvalue weighted by Gasteiger charge is -2.50. The van der Waals surface area contributed by atoms with E-state index in [2.05, 4.69) is 0 Å². The van der Waals surface area contributed by atoms with E-state index in [4.69, 9.17) is 0 Å². The van der Waals surface area contributed by atoms with Gasteiger partial charge in [-0.05, 0) is 13.0 Å². The van der Waals surface area contributed by atoms with Crippen LogP contribution in [0.4, 0.5) is 73.5 Å². The molecule has 0 heterocycles. The van der Waals surface area contributed by atoms with E-state index in [-0.39, 0.29) is 38.5 Å². The summed E-state index contributed by atoms with van der Waals surface area (Å²) in [4.78, 5) is 0. The number of unbranched alkanes of at least 4 members (excludes halogenated alkanes) is 17. The first kappa shape index (κ1) is 53.5. The number of halogens is 17. The van der Waals surface area contributed by atoms with Gasteiger partial charge in [0.15, 0.2) is 13.8 Å². The Labute approximate surface area is 312 Å². The van der Waals surface area contributed by atoms with Crippen LogP contribution in [-0.4, -0.2) is 65.0 Å². The SMILES string of the molecule is CCCCCCCCCC[Si](F)([Si](F)(F)F)[Si](CCCCCCCC)(CCCCCCCC)C(F)(F)C(F)(F)C(F)(F)C(F)(F)C(F)(F)C(F)(F)C(C)F. The fourth-order valence-electron chi connectivity index (χ4n) is 7.00. The van der Waals surface area contributed by atoms with E-state index in [0.29, 0.717) is 51.4 Å². The summed E-state index contributed by atoms with van der Waals surface area (Å²) in [5.74, 6) is -38.8. The Hall–Kier alpha value is -0.539. The maximum atomic E-state index is 17.4. The summed E-state index contributed by atoms with van der Waals surface area (Å²) < 4.78 is 258. The molecule has 0 rings (SSSR count). The zero-order valence-corrected chi connectivity index (χ0v) is 34.8. The molecule has 0 aliphatic rings. The van der Waals surface area contributed by atoms with Crippen molar-refractivity contribution >= 4 is 23.6 Å². The summed E-state index contributed by atoms with van der Waals surface area (Å²) in [6, 6.07) is -5.09. The molecule has 0 N–H and O–H groups in total. The molecule has 0 fully saturated rings. The highest BCUT2D eigenvalue weighted by Crippen LogP contribution is 2.64. The Morgan fingerprint density at radius 3 is 0.963 bits per heavy atom. The molecule has 0 aromatic carbocycles. The minimum Gasteiger partial charge on any atom is -0.311 e. The summed E-state index contributed by atoms with van der Waals surface area (Å²) >= 11 is 0. The van der Waals surface area contributed by atoms with Gasteiger partial charge in [0.2, 0.25) is 0 Å². The molecule has 2 unspecified atom stereocenters. The molecule has 0 spiro atoms. The minimum absolute atomic E-state index is 0.135. The highest BCUT2D eigenvalue weighted by molar-refractivity contribution is 7.64. The van der Waals surface area contributed by atoms with Crippen LogP contribution in [0.3, 0.4) is 0 Å². The predicted octanol–water partition coefficient (Wildman–Crippen LogP) is 15.9. The molecule has 0 aliphatic heterocycles. The van der Waals surface area contributed by atoms with Gasteiger partial charge in [-0.1, -0.05) is 161 Å². The molecule has 2 atom stereocenters. The zero-order valence-electron chi connectivity index (χ0n) is 31.8.